The lowest BCUT2D eigenvalue weighted by molar-refractivity contribution is -0.118. The van der Waals surface area contributed by atoms with Crippen molar-refractivity contribution in [2.75, 3.05) is 6.61 Å². The van der Waals surface area contributed by atoms with Crippen LogP contribution >= 0.6 is 0 Å². The number of aliphatic hydroxyl groups is 1. The number of carbonyl (C=O) groups excluding carboxylic acids is 1. The second kappa shape index (κ2) is 7.19. The largest absolute Gasteiger partial charge is 0.508 e. The molecule has 1 rings (SSSR count). The minimum absolute atomic E-state index is 0.0632. The van der Waals surface area contributed by atoms with Crippen molar-refractivity contribution in [1.29, 1.82) is 5.26 Å². The number of phenols is 1. The lowest BCUT2D eigenvalue weighted by Crippen LogP contribution is -2.37. The van der Waals surface area contributed by atoms with Crippen LogP contribution in [0.2, 0.25) is 0 Å². The molecule has 1 aromatic carbocycles. The smallest absolute Gasteiger partial charge is 0.262 e. The predicted octanol–water partition coefficient (Wildman–Crippen LogP) is 1.19. The molecule has 1 atom stereocenters. The number of carbonyl (C=O) groups is 1. The number of nitrogens with zero attached hydrogens (tertiary/aromatic N) is 1. The molecule has 1 amide bonds. The van der Waals surface area contributed by atoms with Crippen LogP contribution < -0.4 is 5.32 Å². The van der Waals surface area contributed by atoms with E-state index < -0.39 is 5.91 Å². The molecule has 0 aliphatic rings. The summed E-state index contributed by atoms with van der Waals surface area (Å²) in [5.74, 6) is -0.472. The van der Waals surface area contributed by atoms with Crippen molar-refractivity contribution >= 4 is 12.0 Å². The number of phenolic OH excluding ortho intramolecular Hbond substituents is 1. The zero-order chi connectivity index (χ0) is 14.3. The van der Waals surface area contributed by atoms with Crippen LogP contribution in [0.1, 0.15) is 18.9 Å². The highest BCUT2D eigenvalue weighted by atomic mass is 16.3. The third kappa shape index (κ3) is 4.45. The molecule has 1 unspecified atom stereocenters. The van der Waals surface area contributed by atoms with Gasteiger partial charge in [-0.3, -0.25) is 4.79 Å². The summed E-state index contributed by atoms with van der Waals surface area (Å²) in [4.78, 5) is 11.8. The Hall–Kier alpha value is -2.32. The first-order valence-corrected chi connectivity index (χ1v) is 5.93. The Bertz CT molecular complexity index is 514. The first kappa shape index (κ1) is 14.7. The van der Waals surface area contributed by atoms with E-state index in [-0.39, 0.29) is 24.0 Å². The summed E-state index contributed by atoms with van der Waals surface area (Å²) >= 11 is 0. The molecule has 0 spiro atoms. The maximum atomic E-state index is 11.8. The normalized spacial score (nSPS) is 12.6. The van der Waals surface area contributed by atoms with Crippen LogP contribution in [-0.2, 0) is 4.79 Å². The standard InChI is InChI=1S/C14H16N2O3/c1-2-12(9-17)16-14(19)11(8-15)6-10-4-3-5-13(18)7-10/h3-7,12,17-18H,2,9H2,1H3,(H,16,19)/b11-6+. The van der Waals surface area contributed by atoms with Gasteiger partial charge >= 0.3 is 0 Å². The molecular formula is C14H16N2O3. The van der Waals surface area contributed by atoms with Gasteiger partial charge in [0.25, 0.3) is 5.91 Å². The van der Waals surface area contributed by atoms with Crippen LogP contribution in [-0.4, -0.2) is 28.8 Å². The van der Waals surface area contributed by atoms with Crippen LogP contribution in [0, 0.1) is 11.3 Å². The van der Waals surface area contributed by atoms with Crippen molar-refractivity contribution in [2.45, 2.75) is 19.4 Å². The number of aliphatic hydroxyl groups excluding tert-OH is 1. The number of benzene rings is 1. The van der Waals surface area contributed by atoms with Crippen molar-refractivity contribution in [3.05, 3.63) is 35.4 Å². The van der Waals surface area contributed by atoms with Crippen LogP contribution in [0.3, 0.4) is 0 Å². The van der Waals surface area contributed by atoms with E-state index in [1.807, 2.05) is 13.0 Å². The second-order valence-corrected chi connectivity index (χ2v) is 4.03. The van der Waals surface area contributed by atoms with Gasteiger partial charge in [0.1, 0.15) is 17.4 Å². The minimum atomic E-state index is -0.535. The second-order valence-electron chi connectivity index (χ2n) is 4.03. The van der Waals surface area contributed by atoms with E-state index in [0.29, 0.717) is 12.0 Å². The molecular weight excluding hydrogens is 244 g/mol. The number of nitriles is 1. The van der Waals surface area contributed by atoms with E-state index in [1.54, 1.807) is 12.1 Å². The van der Waals surface area contributed by atoms with Gasteiger partial charge in [0, 0.05) is 0 Å². The molecule has 5 nitrogen and oxygen atoms in total. The molecule has 100 valence electrons. The van der Waals surface area contributed by atoms with Gasteiger partial charge in [-0.1, -0.05) is 19.1 Å². The molecule has 0 aliphatic heterocycles. The molecule has 3 N–H and O–H groups in total. The van der Waals surface area contributed by atoms with E-state index in [2.05, 4.69) is 5.32 Å². The molecule has 0 bridgehead atoms. The fourth-order valence-corrected chi connectivity index (χ4v) is 1.47. The topological polar surface area (TPSA) is 93.4 Å². The first-order valence-electron chi connectivity index (χ1n) is 5.93. The van der Waals surface area contributed by atoms with Crippen LogP contribution in [0.4, 0.5) is 0 Å². The van der Waals surface area contributed by atoms with Crippen LogP contribution in [0.5, 0.6) is 5.75 Å². The SMILES string of the molecule is CCC(CO)NC(=O)/C(C#N)=C/c1cccc(O)c1. The average molecular weight is 260 g/mol. The Kier molecular flexibility index (Phi) is 5.58. The summed E-state index contributed by atoms with van der Waals surface area (Å²) in [7, 11) is 0. The summed E-state index contributed by atoms with van der Waals surface area (Å²) in [6, 6.07) is 7.69. The number of hydrogen-bond acceptors (Lipinski definition) is 4. The molecule has 0 radical (unpaired) electrons. The maximum Gasteiger partial charge on any atom is 0.262 e. The van der Waals surface area contributed by atoms with E-state index >= 15 is 0 Å². The fourth-order valence-electron chi connectivity index (χ4n) is 1.47. The summed E-state index contributed by atoms with van der Waals surface area (Å²) in [5.41, 5.74) is 0.487. The lowest BCUT2D eigenvalue weighted by atomic mass is 10.1. The highest BCUT2D eigenvalue weighted by Gasteiger charge is 2.13. The third-order valence-corrected chi connectivity index (χ3v) is 2.59. The predicted molar refractivity (Wildman–Crippen MR) is 71.0 cm³/mol. The van der Waals surface area contributed by atoms with Crippen molar-refractivity contribution in [2.24, 2.45) is 0 Å². The lowest BCUT2D eigenvalue weighted by Gasteiger charge is -2.13. The summed E-state index contributed by atoms with van der Waals surface area (Å²) in [5, 5.41) is 29.9. The monoisotopic (exact) mass is 260 g/mol. The molecule has 0 aliphatic carbocycles. The van der Waals surface area contributed by atoms with Gasteiger partial charge in [-0.2, -0.15) is 5.26 Å². The maximum absolute atomic E-state index is 11.8. The van der Waals surface area contributed by atoms with E-state index in [9.17, 15) is 9.90 Å². The van der Waals surface area contributed by atoms with Gasteiger partial charge in [0.05, 0.1) is 12.6 Å². The number of amides is 1. The van der Waals surface area contributed by atoms with Gasteiger partial charge in [0.2, 0.25) is 0 Å². The number of rotatable bonds is 5. The molecule has 5 heteroatoms. The summed E-state index contributed by atoms with van der Waals surface area (Å²) in [6.45, 7) is 1.65. The average Bonchev–Trinajstić information content (AvgIpc) is 2.41. The van der Waals surface area contributed by atoms with Crippen molar-refractivity contribution < 1.29 is 15.0 Å². The first-order chi connectivity index (χ1) is 9.10. The third-order valence-electron chi connectivity index (χ3n) is 2.59. The highest BCUT2D eigenvalue weighted by molar-refractivity contribution is 6.01. The van der Waals surface area contributed by atoms with Crippen molar-refractivity contribution in [3.8, 4) is 11.8 Å². The molecule has 0 saturated heterocycles. The van der Waals surface area contributed by atoms with Crippen LogP contribution in [0.15, 0.2) is 29.8 Å². The van der Waals surface area contributed by atoms with Crippen molar-refractivity contribution in [1.82, 2.24) is 5.32 Å². The quantitative estimate of drug-likeness (QED) is 0.547. The van der Waals surface area contributed by atoms with E-state index in [1.165, 1.54) is 18.2 Å². The number of hydrogen-bond donors (Lipinski definition) is 3. The zero-order valence-corrected chi connectivity index (χ0v) is 10.6. The van der Waals surface area contributed by atoms with Crippen molar-refractivity contribution in [3.63, 3.8) is 0 Å². The Balaban J connectivity index is 2.89. The molecule has 0 saturated carbocycles. The summed E-state index contributed by atoms with van der Waals surface area (Å²) < 4.78 is 0. The van der Waals surface area contributed by atoms with E-state index in [0.717, 1.165) is 0 Å². The van der Waals surface area contributed by atoms with Gasteiger partial charge in [-0.25, -0.2) is 0 Å². The molecule has 19 heavy (non-hydrogen) atoms. The molecule has 0 aromatic heterocycles. The molecule has 1 aromatic rings. The highest BCUT2D eigenvalue weighted by Crippen LogP contribution is 2.14. The minimum Gasteiger partial charge on any atom is -0.508 e. The Morgan fingerprint density at radius 2 is 2.32 bits per heavy atom. The van der Waals surface area contributed by atoms with Gasteiger partial charge in [-0.05, 0) is 30.2 Å². The van der Waals surface area contributed by atoms with Gasteiger partial charge in [0.15, 0.2) is 0 Å². The molecule has 0 heterocycles. The summed E-state index contributed by atoms with van der Waals surface area (Å²) in [6.07, 6.45) is 1.96. The Morgan fingerprint density at radius 1 is 1.58 bits per heavy atom. The van der Waals surface area contributed by atoms with Gasteiger partial charge < -0.3 is 15.5 Å². The van der Waals surface area contributed by atoms with E-state index in [4.69, 9.17) is 10.4 Å². The molecule has 0 fully saturated rings. The Morgan fingerprint density at radius 3 is 2.84 bits per heavy atom. The number of nitrogens with one attached hydrogen (secondary N) is 1. The van der Waals surface area contributed by atoms with Crippen LogP contribution in [0.25, 0.3) is 6.08 Å². The fraction of sp³-hybridized carbons (Fsp3) is 0.286. The Labute approximate surface area is 111 Å². The van der Waals surface area contributed by atoms with Gasteiger partial charge in [-0.15, -0.1) is 0 Å². The zero-order valence-electron chi connectivity index (χ0n) is 10.6. The number of aromatic hydroxyl groups is 1.